The first kappa shape index (κ1) is 14.9. The first-order valence-electron chi connectivity index (χ1n) is 7.18. The number of nitriles is 1. The number of aromatic nitrogens is 3. The Hall–Kier alpha value is -2.48. The highest BCUT2D eigenvalue weighted by atomic mass is 15.2. The summed E-state index contributed by atoms with van der Waals surface area (Å²) >= 11 is 0. The second kappa shape index (κ2) is 7.34. The van der Waals surface area contributed by atoms with E-state index in [1.165, 1.54) is 0 Å². The van der Waals surface area contributed by atoms with Crippen LogP contribution in [-0.4, -0.2) is 28.0 Å². The Morgan fingerprint density at radius 1 is 1.19 bits per heavy atom. The molecule has 0 saturated heterocycles. The number of aryl methyl sites for hydroxylation is 1. The normalized spacial score (nSPS) is 10.1. The Morgan fingerprint density at radius 2 is 1.95 bits per heavy atom. The molecule has 0 amide bonds. The van der Waals surface area contributed by atoms with Crippen LogP contribution in [-0.2, 0) is 6.42 Å². The summed E-state index contributed by atoms with van der Waals surface area (Å²) in [7, 11) is 0. The molecule has 2 aromatic heterocycles. The topological polar surface area (TPSA) is 65.7 Å². The highest BCUT2D eigenvalue weighted by molar-refractivity contribution is 5.57. The summed E-state index contributed by atoms with van der Waals surface area (Å²) in [5.74, 6) is 1.59. The van der Waals surface area contributed by atoms with Gasteiger partial charge in [-0.25, -0.2) is 9.97 Å². The van der Waals surface area contributed by atoms with Crippen LogP contribution in [0.2, 0.25) is 0 Å². The van der Waals surface area contributed by atoms with Crippen molar-refractivity contribution in [3.05, 3.63) is 36.3 Å². The summed E-state index contributed by atoms with van der Waals surface area (Å²) in [4.78, 5) is 15.4. The summed E-state index contributed by atoms with van der Waals surface area (Å²) in [6.07, 6.45) is 4.82. The summed E-state index contributed by atoms with van der Waals surface area (Å²) in [5.41, 5.74) is 1.96. The van der Waals surface area contributed by atoms with E-state index in [1.807, 2.05) is 18.2 Å². The fraction of sp³-hybridized carbons (Fsp3) is 0.375. The van der Waals surface area contributed by atoms with E-state index in [1.54, 1.807) is 12.4 Å². The molecule has 0 aliphatic rings. The summed E-state index contributed by atoms with van der Waals surface area (Å²) in [5, 5.41) is 8.77. The van der Waals surface area contributed by atoms with E-state index in [0.29, 0.717) is 18.8 Å². The number of hydrogen-bond acceptors (Lipinski definition) is 5. The van der Waals surface area contributed by atoms with Gasteiger partial charge in [0, 0.05) is 42.8 Å². The van der Waals surface area contributed by atoms with Crippen LogP contribution in [0.1, 0.15) is 26.0 Å². The molecule has 0 N–H and O–H groups in total. The largest absolute Gasteiger partial charge is 0.356 e. The van der Waals surface area contributed by atoms with Crippen LogP contribution in [0.3, 0.4) is 0 Å². The van der Waals surface area contributed by atoms with E-state index >= 15 is 0 Å². The molecule has 0 radical (unpaired) electrons. The molecule has 21 heavy (non-hydrogen) atoms. The fourth-order valence-corrected chi connectivity index (χ4v) is 2.08. The maximum atomic E-state index is 8.77. The molecule has 0 spiro atoms. The summed E-state index contributed by atoms with van der Waals surface area (Å²) in [6.45, 7) is 5.64. The molecule has 5 nitrogen and oxygen atoms in total. The first-order valence-corrected chi connectivity index (χ1v) is 7.18. The fourth-order valence-electron chi connectivity index (χ4n) is 2.08. The Labute approximate surface area is 125 Å². The van der Waals surface area contributed by atoms with Crippen LogP contribution in [0, 0.1) is 11.3 Å². The molecule has 2 aromatic rings. The van der Waals surface area contributed by atoms with Crippen LogP contribution in [0.15, 0.2) is 30.6 Å². The van der Waals surface area contributed by atoms with E-state index in [0.717, 1.165) is 30.0 Å². The lowest BCUT2D eigenvalue weighted by Crippen LogP contribution is -2.25. The molecular formula is C16H19N5. The van der Waals surface area contributed by atoms with Gasteiger partial charge in [-0.1, -0.05) is 6.92 Å². The van der Waals surface area contributed by atoms with Crippen LogP contribution in [0.5, 0.6) is 0 Å². The minimum Gasteiger partial charge on any atom is -0.356 e. The molecule has 0 fully saturated rings. The molecule has 108 valence electrons. The van der Waals surface area contributed by atoms with Gasteiger partial charge in [-0.3, -0.25) is 4.98 Å². The van der Waals surface area contributed by atoms with Gasteiger partial charge in [-0.2, -0.15) is 5.26 Å². The number of pyridine rings is 1. The summed E-state index contributed by atoms with van der Waals surface area (Å²) < 4.78 is 0. The van der Waals surface area contributed by atoms with Crippen LogP contribution >= 0.6 is 0 Å². The van der Waals surface area contributed by atoms with Crippen molar-refractivity contribution in [3.8, 4) is 17.5 Å². The Morgan fingerprint density at radius 3 is 2.57 bits per heavy atom. The van der Waals surface area contributed by atoms with E-state index in [9.17, 15) is 0 Å². The maximum Gasteiger partial charge on any atom is 0.161 e. The molecule has 0 aliphatic heterocycles. The predicted molar refractivity (Wildman–Crippen MR) is 82.8 cm³/mol. The van der Waals surface area contributed by atoms with Gasteiger partial charge in [-0.15, -0.1) is 0 Å². The molecule has 0 bridgehead atoms. The number of rotatable bonds is 6. The third-order valence-electron chi connectivity index (χ3n) is 3.27. The average Bonchev–Trinajstić information content (AvgIpc) is 2.56. The van der Waals surface area contributed by atoms with Gasteiger partial charge in [-0.05, 0) is 25.5 Å². The van der Waals surface area contributed by atoms with Crippen LogP contribution < -0.4 is 4.90 Å². The molecule has 2 heterocycles. The SMILES string of the molecule is CCc1cc(N(CC)CCC#N)nc(-c2ccncc2)n1. The van der Waals surface area contributed by atoms with Crippen LogP contribution in [0.25, 0.3) is 11.4 Å². The zero-order valence-electron chi connectivity index (χ0n) is 12.5. The van der Waals surface area contributed by atoms with Crippen molar-refractivity contribution in [2.45, 2.75) is 26.7 Å². The van der Waals surface area contributed by atoms with E-state index in [2.05, 4.69) is 39.8 Å². The minimum atomic E-state index is 0.490. The quantitative estimate of drug-likeness (QED) is 0.814. The Balaban J connectivity index is 2.40. The molecule has 0 aromatic carbocycles. The molecule has 0 atom stereocenters. The van der Waals surface area contributed by atoms with Gasteiger partial charge in [0.1, 0.15) is 5.82 Å². The minimum absolute atomic E-state index is 0.490. The lowest BCUT2D eigenvalue weighted by Gasteiger charge is -2.21. The van der Waals surface area contributed by atoms with Crippen molar-refractivity contribution in [3.63, 3.8) is 0 Å². The van der Waals surface area contributed by atoms with Crippen molar-refractivity contribution in [1.82, 2.24) is 15.0 Å². The standard InChI is InChI=1S/C16H19N5/c1-3-14-12-15(21(4-2)11-5-8-17)20-16(19-14)13-6-9-18-10-7-13/h6-7,9-10,12H,3-5,11H2,1-2H3. The average molecular weight is 281 g/mol. The van der Waals surface area contributed by atoms with Crippen molar-refractivity contribution in [2.24, 2.45) is 0 Å². The van der Waals surface area contributed by atoms with E-state index in [-0.39, 0.29) is 0 Å². The summed E-state index contributed by atoms with van der Waals surface area (Å²) in [6, 6.07) is 8.00. The maximum absolute atomic E-state index is 8.77. The third kappa shape index (κ3) is 3.76. The Kier molecular flexibility index (Phi) is 5.22. The van der Waals surface area contributed by atoms with Gasteiger partial charge < -0.3 is 4.90 Å². The number of anilines is 1. The zero-order valence-corrected chi connectivity index (χ0v) is 12.5. The van der Waals surface area contributed by atoms with E-state index < -0.39 is 0 Å². The highest BCUT2D eigenvalue weighted by Crippen LogP contribution is 2.20. The first-order chi connectivity index (χ1) is 10.3. The van der Waals surface area contributed by atoms with Crippen LogP contribution in [0.4, 0.5) is 5.82 Å². The monoisotopic (exact) mass is 281 g/mol. The second-order valence-corrected chi connectivity index (χ2v) is 4.62. The lowest BCUT2D eigenvalue weighted by molar-refractivity contribution is 0.804. The predicted octanol–water partition coefficient (Wildman–Crippen LogP) is 2.84. The molecule has 0 unspecified atom stereocenters. The lowest BCUT2D eigenvalue weighted by atomic mass is 10.2. The van der Waals surface area contributed by atoms with Crippen molar-refractivity contribution in [2.75, 3.05) is 18.0 Å². The second-order valence-electron chi connectivity index (χ2n) is 4.62. The van der Waals surface area contributed by atoms with Crippen molar-refractivity contribution < 1.29 is 0 Å². The van der Waals surface area contributed by atoms with E-state index in [4.69, 9.17) is 5.26 Å². The molecule has 0 aliphatic carbocycles. The zero-order chi connectivity index (χ0) is 15.1. The van der Waals surface area contributed by atoms with Gasteiger partial charge in [0.15, 0.2) is 5.82 Å². The van der Waals surface area contributed by atoms with Gasteiger partial charge in [0.05, 0.1) is 12.5 Å². The van der Waals surface area contributed by atoms with Gasteiger partial charge in [0.2, 0.25) is 0 Å². The molecule has 2 rings (SSSR count). The number of nitrogens with zero attached hydrogens (tertiary/aromatic N) is 5. The Bertz CT molecular complexity index is 618. The molecule has 0 saturated carbocycles. The third-order valence-corrected chi connectivity index (χ3v) is 3.27. The van der Waals surface area contributed by atoms with Crippen molar-refractivity contribution >= 4 is 5.82 Å². The molecule has 5 heteroatoms. The van der Waals surface area contributed by atoms with Crippen molar-refractivity contribution in [1.29, 1.82) is 5.26 Å². The highest BCUT2D eigenvalue weighted by Gasteiger charge is 2.11. The van der Waals surface area contributed by atoms with Gasteiger partial charge in [0.25, 0.3) is 0 Å². The smallest absolute Gasteiger partial charge is 0.161 e. The molecular weight excluding hydrogens is 262 g/mol. The van der Waals surface area contributed by atoms with Gasteiger partial charge >= 0.3 is 0 Å². The number of hydrogen-bond donors (Lipinski definition) is 0.